The smallest absolute Gasteiger partial charge is 0.242 e. The van der Waals surface area contributed by atoms with E-state index in [1.165, 1.54) is 0 Å². The third-order valence-electron chi connectivity index (χ3n) is 3.26. The van der Waals surface area contributed by atoms with E-state index in [4.69, 9.17) is 0 Å². The van der Waals surface area contributed by atoms with Crippen molar-refractivity contribution in [1.29, 1.82) is 0 Å². The van der Waals surface area contributed by atoms with Crippen molar-refractivity contribution < 1.29 is 4.79 Å². The molecule has 1 saturated heterocycles. The molecular weight excluding hydrogens is 254 g/mol. The maximum Gasteiger partial charge on any atom is 0.242 e. The fourth-order valence-electron chi connectivity index (χ4n) is 2.07. The highest BCUT2D eigenvalue weighted by Crippen LogP contribution is 2.23. The average molecular weight is 277 g/mol. The summed E-state index contributed by atoms with van der Waals surface area (Å²) in [6, 6.07) is 1.62. The molecule has 1 amide bonds. The van der Waals surface area contributed by atoms with Crippen LogP contribution in [0.25, 0.3) is 0 Å². The Morgan fingerprint density at radius 1 is 1.30 bits per heavy atom. The van der Waals surface area contributed by atoms with E-state index in [-0.39, 0.29) is 17.4 Å². The molecule has 20 heavy (non-hydrogen) atoms. The highest BCUT2D eigenvalue weighted by Gasteiger charge is 2.24. The summed E-state index contributed by atoms with van der Waals surface area (Å²) < 4.78 is 0. The van der Waals surface area contributed by atoms with Gasteiger partial charge in [0.2, 0.25) is 5.91 Å². The topological polar surface area (TPSA) is 78.9 Å². The number of piperidine rings is 1. The van der Waals surface area contributed by atoms with Crippen LogP contribution in [0, 0.1) is 0 Å². The minimum Gasteiger partial charge on any atom is -0.373 e. The SMILES string of the molecule is CNc1cc(NC2CCCNC2=O)nc(C(C)(C)C)n1. The molecule has 0 saturated carbocycles. The van der Waals surface area contributed by atoms with Crippen LogP contribution < -0.4 is 16.0 Å². The first-order valence-corrected chi connectivity index (χ1v) is 7.02. The molecular formula is C14H23N5O. The van der Waals surface area contributed by atoms with Crippen LogP contribution in [0.4, 0.5) is 11.6 Å². The summed E-state index contributed by atoms with van der Waals surface area (Å²) in [5.41, 5.74) is -0.141. The largest absolute Gasteiger partial charge is 0.373 e. The van der Waals surface area contributed by atoms with E-state index >= 15 is 0 Å². The van der Waals surface area contributed by atoms with E-state index in [9.17, 15) is 4.79 Å². The third-order valence-corrected chi connectivity index (χ3v) is 3.26. The van der Waals surface area contributed by atoms with E-state index in [1.807, 2.05) is 13.1 Å². The van der Waals surface area contributed by atoms with Gasteiger partial charge in [0.25, 0.3) is 0 Å². The van der Waals surface area contributed by atoms with Crippen LogP contribution in [0.1, 0.15) is 39.4 Å². The number of carbonyl (C=O) groups is 1. The highest BCUT2D eigenvalue weighted by atomic mass is 16.2. The first-order valence-electron chi connectivity index (χ1n) is 7.02. The lowest BCUT2D eigenvalue weighted by atomic mass is 9.96. The fourth-order valence-corrected chi connectivity index (χ4v) is 2.07. The molecule has 6 nitrogen and oxygen atoms in total. The van der Waals surface area contributed by atoms with Crippen LogP contribution in [-0.4, -0.2) is 35.5 Å². The number of amides is 1. The standard InChI is InChI=1S/C14H23N5O/c1-14(2,3)13-18-10(15-4)8-11(19-13)17-9-6-5-7-16-12(9)20/h8-9H,5-7H2,1-4H3,(H,16,20)(H2,15,17,18,19). The van der Waals surface area contributed by atoms with Crippen LogP contribution in [0.5, 0.6) is 0 Å². The molecule has 1 fully saturated rings. The van der Waals surface area contributed by atoms with Crippen LogP contribution in [0.2, 0.25) is 0 Å². The number of rotatable bonds is 3. The molecule has 2 rings (SSSR count). The number of hydrogen-bond donors (Lipinski definition) is 3. The van der Waals surface area contributed by atoms with Crippen LogP contribution in [-0.2, 0) is 10.2 Å². The van der Waals surface area contributed by atoms with E-state index in [0.717, 1.165) is 31.0 Å². The monoisotopic (exact) mass is 277 g/mol. The summed E-state index contributed by atoms with van der Waals surface area (Å²) in [6.07, 6.45) is 1.81. The lowest BCUT2D eigenvalue weighted by Crippen LogP contribution is -2.44. The van der Waals surface area contributed by atoms with Crippen LogP contribution in [0.15, 0.2) is 6.07 Å². The summed E-state index contributed by atoms with van der Waals surface area (Å²) in [4.78, 5) is 20.8. The molecule has 0 bridgehead atoms. The molecule has 0 aromatic carbocycles. The van der Waals surface area contributed by atoms with E-state index < -0.39 is 0 Å². The van der Waals surface area contributed by atoms with Gasteiger partial charge in [0.05, 0.1) is 0 Å². The molecule has 110 valence electrons. The Morgan fingerprint density at radius 2 is 2.00 bits per heavy atom. The van der Waals surface area contributed by atoms with Crippen molar-refractivity contribution in [2.75, 3.05) is 24.2 Å². The Balaban J connectivity index is 2.24. The lowest BCUT2D eigenvalue weighted by Gasteiger charge is -2.24. The van der Waals surface area contributed by atoms with Crippen molar-refractivity contribution in [3.8, 4) is 0 Å². The Morgan fingerprint density at radius 3 is 2.60 bits per heavy atom. The molecule has 1 aromatic rings. The van der Waals surface area contributed by atoms with Crippen LogP contribution in [0.3, 0.4) is 0 Å². The molecule has 3 N–H and O–H groups in total. The van der Waals surface area contributed by atoms with Gasteiger partial charge in [-0.15, -0.1) is 0 Å². The van der Waals surface area contributed by atoms with Gasteiger partial charge in [0, 0.05) is 25.1 Å². The van der Waals surface area contributed by atoms with Crippen molar-refractivity contribution in [2.45, 2.75) is 45.1 Å². The molecule has 1 aliphatic rings. The molecule has 1 aliphatic heterocycles. The van der Waals surface area contributed by atoms with Crippen molar-refractivity contribution >= 4 is 17.5 Å². The fraction of sp³-hybridized carbons (Fsp3) is 0.643. The summed E-state index contributed by atoms with van der Waals surface area (Å²) in [5, 5.41) is 9.12. The van der Waals surface area contributed by atoms with Gasteiger partial charge < -0.3 is 16.0 Å². The summed E-state index contributed by atoms with van der Waals surface area (Å²) in [5.74, 6) is 2.24. The zero-order valence-corrected chi connectivity index (χ0v) is 12.6. The van der Waals surface area contributed by atoms with Gasteiger partial charge in [-0.25, -0.2) is 9.97 Å². The average Bonchev–Trinajstić information content (AvgIpc) is 2.40. The van der Waals surface area contributed by atoms with Gasteiger partial charge in [0.15, 0.2) is 0 Å². The van der Waals surface area contributed by atoms with Crippen molar-refractivity contribution in [3.05, 3.63) is 11.9 Å². The number of nitrogens with zero attached hydrogens (tertiary/aromatic N) is 2. The Hall–Kier alpha value is -1.85. The van der Waals surface area contributed by atoms with Gasteiger partial charge in [-0.1, -0.05) is 20.8 Å². The third kappa shape index (κ3) is 3.37. The normalized spacial score (nSPS) is 19.4. The number of nitrogens with one attached hydrogen (secondary N) is 3. The van der Waals surface area contributed by atoms with Gasteiger partial charge in [-0.2, -0.15) is 0 Å². The molecule has 0 spiro atoms. The second-order valence-corrected chi connectivity index (χ2v) is 6.09. The Labute approximate surface area is 119 Å². The predicted octanol–water partition coefficient (Wildman–Crippen LogP) is 1.51. The predicted molar refractivity (Wildman–Crippen MR) is 79.9 cm³/mol. The summed E-state index contributed by atoms with van der Waals surface area (Å²) in [6.45, 7) is 6.96. The molecule has 1 unspecified atom stereocenters. The van der Waals surface area contributed by atoms with Gasteiger partial charge in [0.1, 0.15) is 23.5 Å². The Bertz CT molecular complexity index is 495. The van der Waals surface area contributed by atoms with E-state index in [1.54, 1.807) is 0 Å². The molecule has 0 radical (unpaired) electrons. The molecule has 0 aliphatic carbocycles. The van der Waals surface area contributed by atoms with Crippen molar-refractivity contribution in [3.63, 3.8) is 0 Å². The number of hydrogen-bond acceptors (Lipinski definition) is 5. The van der Waals surface area contributed by atoms with E-state index in [0.29, 0.717) is 5.82 Å². The van der Waals surface area contributed by atoms with Crippen molar-refractivity contribution in [1.82, 2.24) is 15.3 Å². The first-order chi connectivity index (χ1) is 9.40. The maximum absolute atomic E-state index is 11.8. The van der Waals surface area contributed by atoms with E-state index in [2.05, 4.69) is 46.7 Å². The highest BCUT2D eigenvalue weighted by molar-refractivity contribution is 5.85. The molecule has 1 atom stereocenters. The van der Waals surface area contributed by atoms with Gasteiger partial charge >= 0.3 is 0 Å². The second kappa shape index (κ2) is 5.64. The van der Waals surface area contributed by atoms with Crippen molar-refractivity contribution in [2.24, 2.45) is 0 Å². The lowest BCUT2D eigenvalue weighted by molar-refractivity contribution is -0.123. The molecule has 1 aromatic heterocycles. The molecule has 6 heteroatoms. The molecule has 2 heterocycles. The number of carbonyl (C=O) groups excluding carboxylic acids is 1. The maximum atomic E-state index is 11.8. The Kier molecular flexibility index (Phi) is 4.11. The number of anilines is 2. The minimum atomic E-state index is -0.212. The zero-order valence-electron chi connectivity index (χ0n) is 12.6. The van der Waals surface area contributed by atoms with Gasteiger partial charge in [-0.3, -0.25) is 4.79 Å². The number of aromatic nitrogens is 2. The van der Waals surface area contributed by atoms with Crippen LogP contribution >= 0.6 is 0 Å². The minimum absolute atomic E-state index is 0.0400. The quantitative estimate of drug-likeness (QED) is 0.780. The summed E-state index contributed by atoms with van der Waals surface area (Å²) in [7, 11) is 1.83. The second-order valence-electron chi connectivity index (χ2n) is 6.09. The van der Waals surface area contributed by atoms with Gasteiger partial charge in [-0.05, 0) is 12.8 Å². The summed E-state index contributed by atoms with van der Waals surface area (Å²) >= 11 is 0. The zero-order chi connectivity index (χ0) is 14.8. The first kappa shape index (κ1) is 14.6.